The molecule has 1 aliphatic carbocycles. The second kappa shape index (κ2) is 7.23. The molecule has 1 saturated carbocycles. The van der Waals surface area contributed by atoms with Gasteiger partial charge in [-0.2, -0.15) is 0 Å². The fraction of sp³-hybridized carbons (Fsp3) is 0.316. The summed E-state index contributed by atoms with van der Waals surface area (Å²) in [5, 5.41) is 0. The molecule has 3 rings (SSSR count). The summed E-state index contributed by atoms with van der Waals surface area (Å²) in [6, 6.07) is 20.2. The Morgan fingerprint density at radius 1 is 0.864 bits per heavy atom. The van der Waals surface area contributed by atoms with Crippen LogP contribution in [0, 0.1) is 0 Å². The van der Waals surface area contributed by atoms with Crippen LogP contribution in [0.3, 0.4) is 0 Å². The van der Waals surface area contributed by atoms with Crippen LogP contribution in [0.15, 0.2) is 60.7 Å². The van der Waals surface area contributed by atoms with Crippen LogP contribution in [0.2, 0.25) is 0 Å². The van der Waals surface area contributed by atoms with Crippen molar-refractivity contribution in [1.82, 2.24) is 10.9 Å². The van der Waals surface area contributed by atoms with Gasteiger partial charge in [-0.05, 0) is 30.5 Å². The van der Waals surface area contributed by atoms with Gasteiger partial charge in [0.25, 0.3) is 5.91 Å². The van der Waals surface area contributed by atoms with Gasteiger partial charge in [0.05, 0.1) is 0 Å². The minimum Gasteiger partial charge on any atom is -0.287 e. The normalized spacial score (nSPS) is 21.3. The summed E-state index contributed by atoms with van der Waals surface area (Å²) < 4.78 is 0. The van der Waals surface area contributed by atoms with Crippen molar-refractivity contribution in [2.24, 2.45) is 0 Å². The minimum absolute atomic E-state index is 0.0713. The van der Waals surface area contributed by atoms with E-state index in [0.717, 1.165) is 6.42 Å². The Morgan fingerprint density at radius 3 is 2.23 bits per heavy atom. The molecule has 114 valence electrons. The SMILES string of the molecule is O=C(NN[C@H]1CCCC[C@H]1c1ccccc1)c1ccccc1. The number of nitrogens with one attached hydrogen (secondary N) is 2. The van der Waals surface area contributed by atoms with Gasteiger partial charge < -0.3 is 0 Å². The van der Waals surface area contributed by atoms with Gasteiger partial charge in [0.1, 0.15) is 0 Å². The summed E-state index contributed by atoms with van der Waals surface area (Å²) in [5.74, 6) is 0.393. The molecule has 0 aromatic heterocycles. The Labute approximate surface area is 131 Å². The standard InChI is InChI=1S/C19H22N2O/c22-19(16-11-5-2-6-12-16)21-20-18-14-8-7-13-17(18)15-9-3-1-4-10-15/h1-6,9-12,17-18,20H,7-8,13-14H2,(H,21,22)/t17-,18-/m0/s1. The molecule has 2 aromatic rings. The smallest absolute Gasteiger partial charge is 0.265 e. The zero-order valence-electron chi connectivity index (χ0n) is 12.7. The van der Waals surface area contributed by atoms with E-state index in [-0.39, 0.29) is 5.91 Å². The van der Waals surface area contributed by atoms with Gasteiger partial charge >= 0.3 is 0 Å². The van der Waals surface area contributed by atoms with Crippen LogP contribution in [0.4, 0.5) is 0 Å². The summed E-state index contributed by atoms with van der Waals surface area (Å²) in [6.07, 6.45) is 4.73. The molecule has 3 nitrogen and oxygen atoms in total. The third-order valence-electron chi connectivity index (χ3n) is 4.40. The fourth-order valence-electron chi connectivity index (χ4n) is 3.22. The maximum atomic E-state index is 12.2. The van der Waals surface area contributed by atoms with Gasteiger partial charge in [0, 0.05) is 17.5 Å². The molecule has 0 saturated heterocycles. The van der Waals surface area contributed by atoms with E-state index < -0.39 is 0 Å². The fourth-order valence-corrected chi connectivity index (χ4v) is 3.22. The first-order chi connectivity index (χ1) is 10.8. The Balaban J connectivity index is 1.64. The van der Waals surface area contributed by atoms with Gasteiger partial charge in [-0.1, -0.05) is 61.4 Å². The van der Waals surface area contributed by atoms with Crippen molar-refractivity contribution in [2.45, 2.75) is 37.6 Å². The molecule has 0 bridgehead atoms. The monoisotopic (exact) mass is 294 g/mol. The average molecular weight is 294 g/mol. The van der Waals surface area contributed by atoms with E-state index in [1.165, 1.54) is 24.8 Å². The molecule has 0 unspecified atom stereocenters. The number of hydrogen-bond acceptors (Lipinski definition) is 2. The second-order valence-corrected chi connectivity index (χ2v) is 5.87. The van der Waals surface area contributed by atoms with Gasteiger partial charge in [0.2, 0.25) is 0 Å². The van der Waals surface area contributed by atoms with Crippen LogP contribution in [0.1, 0.15) is 47.5 Å². The van der Waals surface area contributed by atoms with Crippen molar-refractivity contribution in [3.63, 3.8) is 0 Å². The van der Waals surface area contributed by atoms with E-state index in [2.05, 4.69) is 35.1 Å². The Kier molecular flexibility index (Phi) is 4.86. The molecule has 1 amide bonds. The molecule has 1 aliphatic rings. The molecule has 3 heteroatoms. The Morgan fingerprint density at radius 2 is 1.50 bits per heavy atom. The van der Waals surface area contributed by atoms with Crippen LogP contribution < -0.4 is 10.9 Å². The van der Waals surface area contributed by atoms with E-state index in [9.17, 15) is 4.79 Å². The van der Waals surface area contributed by atoms with Crippen molar-refractivity contribution in [1.29, 1.82) is 0 Å². The number of benzene rings is 2. The predicted molar refractivity (Wildman–Crippen MR) is 88.5 cm³/mol. The summed E-state index contributed by atoms with van der Waals surface area (Å²) in [4.78, 5) is 12.2. The molecule has 2 atom stereocenters. The Hall–Kier alpha value is -2.13. The van der Waals surface area contributed by atoms with E-state index in [0.29, 0.717) is 17.5 Å². The molecular formula is C19H22N2O. The first-order valence-corrected chi connectivity index (χ1v) is 8.00. The van der Waals surface area contributed by atoms with Gasteiger partial charge in [-0.15, -0.1) is 0 Å². The molecule has 2 N–H and O–H groups in total. The van der Waals surface area contributed by atoms with E-state index in [4.69, 9.17) is 0 Å². The van der Waals surface area contributed by atoms with Crippen molar-refractivity contribution in [3.05, 3.63) is 71.8 Å². The lowest BCUT2D eigenvalue weighted by Gasteiger charge is -2.32. The maximum Gasteiger partial charge on any atom is 0.265 e. The van der Waals surface area contributed by atoms with E-state index in [1.807, 2.05) is 36.4 Å². The number of hydrazine groups is 1. The highest BCUT2D eigenvalue weighted by atomic mass is 16.2. The number of hydrogen-bond donors (Lipinski definition) is 2. The zero-order chi connectivity index (χ0) is 15.2. The lowest BCUT2D eigenvalue weighted by Crippen LogP contribution is -2.48. The van der Waals surface area contributed by atoms with E-state index in [1.54, 1.807) is 0 Å². The molecule has 0 aliphatic heterocycles. The molecule has 0 heterocycles. The van der Waals surface area contributed by atoms with Crippen molar-refractivity contribution in [3.8, 4) is 0 Å². The van der Waals surface area contributed by atoms with Crippen LogP contribution in [0.5, 0.6) is 0 Å². The van der Waals surface area contributed by atoms with Crippen LogP contribution in [-0.4, -0.2) is 11.9 Å². The molecule has 2 aromatic carbocycles. The zero-order valence-corrected chi connectivity index (χ0v) is 12.7. The second-order valence-electron chi connectivity index (χ2n) is 5.87. The van der Waals surface area contributed by atoms with Crippen molar-refractivity contribution in [2.75, 3.05) is 0 Å². The van der Waals surface area contributed by atoms with Crippen LogP contribution >= 0.6 is 0 Å². The third-order valence-corrected chi connectivity index (χ3v) is 4.40. The minimum atomic E-state index is -0.0713. The lowest BCUT2D eigenvalue weighted by atomic mass is 9.80. The molecule has 0 radical (unpaired) electrons. The summed E-state index contributed by atoms with van der Waals surface area (Å²) in [5.41, 5.74) is 8.19. The average Bonchev–Trinajstić information content (AvgIpc) is 2.61. The lowest BCUT2D eigenvalue weighted by molar-refractivity contribution is 0.0916. The van der Waals surface area contributed by atoms with E-state index >= 15 is 0 Å². The summed E-state index contributed by atoms with van der Waals surface area (Å²) in [7, 11) is 0. The van der Waals surface area contributed by atoms with Crippen molar-refractivity contribution < 1.29 is 4.79 Å². The first kappa shape index (κ1) is 14.8. The highest BCUT2D eigenvalue weighted by molar-refractivity contribution is 5.93. The van der Waals surface area contributed by atoms with Gasteiger partial charge in [0.15, 0.2) is 0 Å². The molecule has 1 fully saturated rings. The van der Waals surface area contributed by atoms with Gasteiger partial charge in [-0.3, -0.25) is 10.2 Å². The highest BCUT2D eigenvalue weighted by Gasteiger charge is 2.26. The molecule has 0 spiro atoms. The largest absolute Gasteiger partial charge is 0.287 e. The summed E-state index contributed by atoms with van der Waals surface area (Å²) in [6.45, 7) is 0. The maximum absolute atomic E-state index is 12.2. The number of rotatable bonds is 4. The molecular weight excluding hydrogens is 272 g/mol. The number of amides is 1. The third kappa shape index (κ3) is 3.55. The topological polar surface area (TPSA) is 41.1 Å². The number of carbonyl (C=O) groups is 1. The van der Waals surface area contributed by atoms with Crippen LogP contribution in [-0.2, 0) is 0 Å². The van der Waals surface area contributed by atoms with Crippen LogP contribution in [0.25, 0.3) is 0 Å². The van der Waals surface area contributed by atoms with Gasteiger partial charge in [-0.25, -0.2) is 5.43 Å². The predicted octanol–water partition coefficient (Wildman–Crippen LogP) is 3.65. The highest BCUT2D eigenvalue weighted by Crippen LogP contribution is 2.32. The first-order valence-electron chi connectivity index (χ1n) is 8.00. The molecule has 22 heavy (non-hydrogen) atoms. The number of carbonyl (C=O) groups excluding carboxylic acids is 1. The summed E-state index contributed by atoms with van der Waals surface area (Å²) >= 11 is 0. The Bertz CT molecular complexity index is 597. The quantitative estimate of drug-likeness (QED) is 0.845. The van der Waals surface area contributed by atoms with Crippen molar-refractivity contribution >= 4 is 5.91 Å².